The number of hydrogen-bond donors (Lipinski definition) is 1. The van der Waals surface area contributed by atoms with E-state index in [1.165, 1.54) is 6.92 Å². The van der Waals surface area contributed by atoms with Crippen LogP contribution in [0.25, 0.3) is 10.6 Å². The van der Waals surface area contributed by atoms with E-state index in [9.17, 15) is 18.0 Å². The Kier molecular flexibility index (Phi) is 5.71. The summed E-state index contributed by atoms with van der Waals surface area (Å²) in [7, 11) is 0. The molecule has 1 aliphatic rings. The van der Waals surface area contributed by atoms with Crippen molar-refractivity contribution in [1.82, 2.24) is 10.1 Å². The second-order valence-electron chi connectivity index (χ2n) is 6.41. The third-order valence-electron chi connectivity index (χ3n) is 4.49. The van der Waals surface area contributed by atoms with Gasteiger partial charge in [0.15, 0.2) is 0 Å². The van der Waals surface area contributed by atoms with E-state index in [1.807, 2.05) is 6.08 Å². The third kappa shape index (κ3) is 4.24. The zero-order chi connectivity index (χ0) is 19.6. The monoisotopic (exact) mass is 400 g/mol. The van der Waals surface area contributed by atoms with E-state index < -0.39 is 11.9 Å². The molecule has 1 aliphatic heterocycles. The van der Waals surface area contributed by atoms with Gasteiger partial charge in [0.05, 0.1) is 16.4 Å². The molecule has 3 rings (SSSR count). The molecule has 1 atom stereocenters. The van der Waals surface area contributed by atoms with Crippen LogP contribution in [0, 0.1) is 12.8 Å². The number of halogens is 3. The summed E-state index contributed by atoms with van der Waals surface area (Å²) in [6, 6.07) is 3.20. The lowest BCUT2D eigenvalue weighted by molar-refractivity contribution is -0.156. The van der Waals surface area contributed by atoms with Crippen molar-refractivity contribution >= 4 is 17.2 Å². The van der Waals surface area contributed by atoms with Crippen molar-refractivity contribution in [2.24, 2.45) is 5.92 Å². The molecule has 146 valence electrons. The predicted octanol–water partition coefficient (Wildman–Crippen LogP) is 4.13. The summed E-state index contributed by atoms with van der Waals surface area (Å²) in [5.41, 5.74) is 0.0179. The van der Waals surface area contributed by atoms with E-state index in [2.05, 4.69) is 9.68 Å². The number of carbonyl (C=O) groups excluding carboxylic acids is 1. The molecule has 0 spiro atoms. The lowest BCUT2D eigenvalue weighted by Crippen LogP contribution is -2.39. The predicted molar refractivity (Wildman–Crippen MR) is 94.4 cm³/mol. The molecular formula is C18H19F3N2O3S. The summed E-state index contributed by atoms with van der Waals surface area (Å²) in [5.74, 6) is -1.07. The van der Waals surface area contributed by atoms with E-state index in [-0.39, 0.29) is 29.7 Å². The van der Waals surface area contributed by atoms with Gasteiger partial charge in [-0.2, -0.15) is 13.2 Å². The lowest BCUT2D eigenvalue weighted by Gasteiger charge is -2.31. The van der Waals surface area contributed by atoms with Gasteiger partial charge < -0.3 is 14.5 Å². The smallest absolute Gasteiger partial charge is 0.392 e. The first-order valence-electron chi connectivity index (χ1n) is 8.51. The molecule has 1 amide bonds. The number of amides is 1. The number of piperidine rings is 1. The SMILES string of the molecule is Cc1c(-c2ccc(C(=O)N3CCCC(/C=C/CO)C3)s2)noc1C(F)(F)F. The van der Waals surface area contributed by atoms with Crippen LogP contribution in [-0.2, 0) is 6.18 Å². The number of thiophene rings is 1. The summed E-state index contributed by atoms with van der Waals surface area (Å²) in [4.78, 5) is 15.4. The van der Waals surface area contributed by atoms with Crippen molar-refractivity contribution in [2.45, 2.75) is 25.9 Å². The van der Waals surface area contributed by atoms with Crippen molar-refractivity contribution < 1.29 is 27.6 Å². The lowest BCUT2D eigenvalue weighted by atomic mass is 9.97. The number of aliphatic hydroxyl groups excluding tert-OH is 1. The molecule has 1 N–H and O–H groups in total. The fraction of sp³-hybridized carbons (Fsp3) is 0.444. The maximum atomic E-state index is 12.9. The van der Waals surface area contributed by atoms with Crippen LogP contribution in [0.3, 0.4) is 0 Å². The van der Waals surface area contributed by atoms with Crippen LogP contribution in [0.1, 0.15) is 33.8 Å². The molecule has 1 saturated heterocycles. The minimum Gasteiger partial charge on any atom is -0.392 e. The van der Waals surface area contributed by atoms with Gasteiger partial charge in [0.1, 0.15) is 5.69 Å². The Morgan fingerprint density at radius 3 is 2.93 bits per heavy atom. The quantitative estimate of drug-likeness (QED) is 0.784. The Hall–Kier alpha value is -2.13. The summed E-state index contributed by atoms with van der Waals surface area (Å²) in [6.07, 6.45) is 0.802. The zero-order valence-electron chi connectivity index (χ0n) is 14.6. The molecule has 9 heteroatoms. The fourth-order valence-electron chi connectivity index (χ4n) is 3.17. The first-order valence-corrected chi connectivity index (χ1v) is 9.33. The van der Waals surface area contributed by atoms with Gasteiger partial charge in [0.25, 0.3) is 5.91 Å². The molecule has 0 aromatic carbocycles. The van der Waals surface area contributed by atoms with Gasteiger partial charge in [0, 0.05) is 18.7 Å². The highest BCUT2D eigenvalue weighted by Gasteiger charge is 2.39. The van der Waals surface area contributed by atoms with Gasteiger partial charge in [-0.25, -0.2) is 0 Å². The maximum Gasteiger partial charge on any atom is 0.452 e. The Morgan fingerprint density at radius 1 is 1.48 bits per heavy atom. The molecule has 1 fully saturated rings. The molecule has 2 aromatic heterocycles. The van der Waals surface area contributed by atoms with Crippen molar-refractivity contribution in [3.63, 3.8) is 0 Å². The molecule has 1 unspecified atom stereocenters. The van der Waals surface area contributed by atoms with Crippen LogP contribution in [0.2, 0.25) is 0 Å². The molecule has 0 aliphatic carbocycles. The van der Waals surface area contributed by atoms with E-state index in [4.69, 9.17) is 5.11 Å². The van der Waals surface area contributed by atoms with Crippen LogP contribution in [-0.4, -0.2) is 40.8 Å². The van der Waals surface area contributed by atoms with E-state index in [0.29, 0.717) is 22.8 Å². The van der Waals surface area contributed by atoms with Crippen LogP contribution in [0.15, 0.2) is 28.8 Å². The average molecular weight is 400 g/mol. The number of rotatable bonds is 4. The first kappa shape index (κ1) is 19.6. The summed E-state index contributed by atoms with van der Waals surface area (Å²) in [6.45, 7) is 2.47. The van der Waals surface area contributed by atoms with Crippen LogP contribution < -0.4 is 0 Å². The normalized spacial score (nSPS) is 18.4. The number of hydrogen-bond acceptors (Lipinski definition) is 5. The third-order valence-corrected chi connectivity index (χ3v) is 5.57. The molecule has 3 heterocycles. The first-order chi connectivity index (χ1) is 12.8. The molecule has 5 nitrogen and oxygen atoms in total. The van der Waals surface area contributed by atoms with Gasteiger partial charge in [-0.05, 0) is 37.8 Å². The summed E-state index contributed by atoms with van der Waals surface area (Å²) in [5, 5.41) is 12.4. The number of alkyl halides is 3. The molecule has 27 heavy (non-hydrogen) atoms. The van der Waals surface area contributed by atoms with Crippen molar-refractivity contribution in [3.8, 4) is 10.6 Å². The van der Waals surface area contributed by atoms with E-state index in [1.54, 1.807) is 23.1 Å². The molecule has 0 radical (unpaired) electrons. The van der Waals surface area contributed by atoms with Crippen LogP contribution in [0.5, 0.6) is 0 Å². The van der Waals surface area contributed by atoms with E-state index in [0.717, 1.165) is 24.2 Å². The maximum absolute atomic E-state index is 12.9. The number of nitrogens with zero attached hydrogens (tertiary/aromatic N) is 2. The summed E-state index contributed by atoms with van der Waals surface area (Å²) >= 11 is 1.11. The Bertz CT molecular complexity index is 841. The fourth-order valence-corrected chi connectivity index (χ4v) is 4.18. The number of aromatic nitrogens is 1. The highest BCUT2D eigenvalue weighted by Crippen LogP contribution is 2.38. The van der Waals surface area contributed by atoms with Gasteiger partial charge in [0.2, 0.25) is 5.76 Å². The topological polar surface area (TPSA) is 66.6 Å². The molecule has 0 bridgehead atoms. The zero-order valence-corrected chi connectivity index (χ0v) is 15.4. The van der Waals surface area contributed by atoms with Gasteiger partial charge >= 0.3 is 6.18 Å². The highest BCUT2D eigenvalue weighted by atomic mass is 32.1. The van der Waals surface area contributed by atoms with Gasteiger partial charge in [-0.15, -0.1) is 11.3 Å². The van der Waals surface area contributed by atoms with Crippen LogP contribution >= 0.6 is 11.3 Å². The minimum absolute atomic E-state index is 0.0320. The largest absolute Gasteiger partial charge is 0.452 e. The Labute approximate surface area is 158 Å². The second-order valence-corrected chi connectivity index (χ2v) is 7.49. The van der Waals surface area contributed by atoms with Crippen LogP contribution in [0.4, 0.5) is 13.2 Å². The average Bonchev–Trinajstić information content (AvgIpc) is 3.25. The standard InChI is InChI=1S/C18H19F3N2O3S/c1-11-15(22-26-16(11)18(19,20)21)13-6-7-14(27-13)17(25)23-8-2-4-12(10-23)5-3-9-24/h3,5-7,12,24H,2,4,8-10H2,1H3/b5-3+. The van der Waals surface area contributed by atoms with Crippen molar-refractivity contribution in [3.05, 3.63) is 40.5 Å². The molecular weight excluding hydrogens is 381 g/mol. The number of aliphatic hydroxyl groups is 1. The number of likely N-dealkylation sites (tertiary alicyclic amines) is 1. The van der Waals surface area contributed by atoms with Gasteiger partial charge in [-0.1, -0.05) is 17.3 Å². The minimum atomic E-state index is -4.60. The number of carbonyl (C=O) groups is 1. The Balaban J connectivity index is 1.77. The molecule has 0 saturated carbocycles. The Morgan fingerprint density at radius 2 is 2.26 bits per heavy atom. The highest BCUT2D eigenvalue weighted by molar-refractivity contribution is 7.17. The molecule has 2 aromatic rings. The van der Waals surface area contributed by atoms with Gasteiger partial charge in [-0.3, -0.25) is 4.79 Å². The van der Waals surface area contributed by atoms with Crippen molar-refractivity contribution in [2.75, 3.05) is 19.7 Å². The summed E-state index contributed by atoms with van der Waals surface area (Å²) < 4.78 is 43.1. The second kappa shape index (κ2) is 7.85. The van der Waals surface area contributed by atoms with E-state index >= 15 is 0 Å². The van der Waals surface area contributed by atoms with Crippen molar-refractivity contribution in [1.29, 1.82) is 0 Å².